The summed E-state index contributed by atoms with van der Waals surface area (Å²) in [6, 6.07) is -0.257. The molecule has 5 nitrogen and oxygen atoms in total. The van der Waals surface area contributed by atoms with Crippen LogP contribution in [0.5, 0.6) is 0 Å². The van der Waals surface area contributed by atoms with E-state index in [1.54, 1.807) is 13.2 Å². The molecule has 18 heavy (non-hydrogen) atoms. The fraction of sp³-hybridized carbons (Fsp3) is 0.692. The molecule has 0 fully saturated rings. The van der Waals surface area contributed by atoms with E-state index in [2.05, 4.69) is 28.7 Å². The molecule has 0 aliphatic carbocycles. The predicted octanol–water partition coefficient (Wildman–Crippen LogP) is 1.55. The second-order valence-electron chi connectivity index (χ2n) is 4.52. The van der Waals surface area contributed by atoms with Crippen molar-refractivity contribution in [2.24, 2.45) is 0 Å². The lowest BCUT2D eigenvalue weighted by Gasteiger charge is -2.16. The molecule has 1 unspecified atom stereocenters. The van der Waals surface area contributed by atoms with E-state index in [0.717, 1.165) is 12.4 Å². The van der Waals surface area contributed by atoms with Gasteiger partial charge in [-0.15, -0.1) is 0 Å². The molecule has 0 saturated carbocycles. The van der Waals surface area contributed by atoms with Crippen molar-refractivity contribution in [3.8, 4) is 0 Å². The molecule has 0 aliphatic rings. The summed E-state index contributed by atoms with van der Waals surface area (Å²) in [7, 11) is 1.78. The average Bonchev–Trinajstić information content (AvgIpc) is 2.78. The van der Waals surface area contributed by atoms with Gasteiger partial charge in [0.05, 0.1) is 6.61 Å². The molecule has 1 aromatic rings. The Hall–Kier alpha value is -1.36. The highest BCUT2D eigenvalue weighted by atomic mass is 16.5. The first-order valence-corrected chi connectivity index (χ1v) is 6.45. The van der Waals surface area contributed by atoms with Gasteiger partial charge in [0.25, 0.3) is 0 Å². The fourth-order valence-electron chi connectivity index (χ4n) is 1.90. The van der Waals surface area contributed by atoms with Crippen LogP contribution < -0.4 is 5.32 Å². The van der Waals surface area contributed by atoms with Gasteiger partial charge in [-0.2, -0.15) is 0 Å². The summed E-state index contributed by atoms with van der Waals surface area (Å²) in [5.41, 5.74) is 0. The van der Waals surface area contributed by atoms with Gasteiger partial charge < -0.3 is 14.6 Å². The minimum Gasteiger partial charge on any atom is -0.465 e. The van der Waals surface area contributed by atoms with Gasteiger partial charge in [0, 0.05) is 24.9 Å². The summed E-state index contributed by atoms with van der Waals surface area (Å²) in [6.45, 7) is 7.22. The third-order valence-electron chi connectivity index (χ3n) is 2.84. The van der Waals surface area contributed by atoms with E-state index in [4.69, 9.17) is 4.74 Å². The Kier molecular flexibility index (Phi) is 5.85. The highest BCUT2D eigenvalue weighted by molar-refractivity contribution is 5.75. The lowest BCUT2D eigenvalue weighted by atomic mass is 10.2. The number of hydrogen-bond acceptors (Lipinski definition) is 4. The SMILES string of the molecule is CCOC(=O)C(CCn1ccnc1C(C)C)NC. The van der Waals surface area contributed by atoms with Crippen molar-refractivity contribution >= 4 is 5.97 Å². The average molecular weight is 253 g/mol. The molecule has 0 saturated heterocycles. The maximum atomic E-state index is 11.6. The Bertz CT molecular complexity index is 374. The Labute approximate surface area is 109 Å². The highest BCUT2D eigenvalue weighted by Gasteiger charge is 2.18. The summed E-state index contributed by atoms with van der Waals surface area (Å²) in [5, 5.41) is 2.99. The summed E-state index contributed by atoms with van der Waals surface area (Å²) in [5.74, 6) is 1.25. The lowest BCUT2D eigenvalue weighted by Crippen LogP contribution is -2.36. The lowest BCUT2D eigenvalue weighted by molar-refractivity contribution is -0.145. The normalized spacial score (nSPS) is 12.7. The first kappa shape index (κ1) is 14.7. The van der Waals surface area contributed by atoms with Crippen LogP contribution in [0.15, 0.2) is 12.4 Å². The zero-order valence-corrected chi connectivity index (χ0v) is 11.6. The Morgan fingerprint density at radius 3 is 2.83 bits per heavy atom. The van der Waals surface area contributed by atoms with Gasteiger partial charge in [-0.1, -0.05) is 13.8 Å². The number of hydrogen-bond donors (Lipinski definition) is 1. The number of imidazole rings is 1. The van der Waals surface area contributed by atoms with Gasteiger partial charge in [-0.05, 0) is 20.4 Å². The number of nitrogens with zero attached hydrogens (tertiary/aromatic N) is 2. The second kappa shape index (κ2) is 7.16. The Morgan fingerprint density at radius 1 is 1.56 bits per heavy atom. The van der Waals surface area contributed by atoms with Crippen molar-refractivity contribution < 1.29 is 9.53 Å². The minimum atomic E-state index is -0.257. The number of aromatic nitrogens is 2. The standard InChI is InChI=1S/C13H23N3O2/c1-5-18-13(17)11(14-4)6-8-16-9-7-15-12(16)10(2)3/h7,9-11,14H,5-6,8H2,1-4H3. The van der Waals surface area contributed by atoms with E-state index in [1.807, 2.05) is 13.1 Å². The number of ether oxygens (including phenoxy) is 1. The van der Waals surface area contributed by atoms with Crippen molar-refractivity contribution in [3.63, 3.8) is 0 Å². The van der Waals surface area contributed by atoms with Crippen molar-refractivity contribution in [2.75, 3.05) is 13.7 Å². The smallest absolute Gasteiger partial charge is 0.323 e. The van der Waals surface area contributed by atoms with E-state index < -0.39 is 0 Å². The van der Waals surface area contributed by atoms with E-state index >= 15 is 0 Å². The Balaban J connectivity index is 2.57. The van der Waals surface area contributed by atoms with Gasteiger partial charge in [-0.25, -0.2) is 4.98 Å². The first-order chi connectivity index (χ1) is 8.60. The zero-order valence-electron chi connectivity index (χ0n) is 11.6. The third kappa shape index (κ3) is 3.84. The van der Waals surface area contributed by atoms with Crippen LogP contribution in [0.25, 0.3) is 0 Å². The monoisotopic (exact) mass is 253 g/mol. The molecular weight excluding hydrogens is 230 g/mol. The molecular formula is C13H23N3O2. The molecule has 0 amide bonds. The maximum Gasteiger partial charge on any atom is 0.323 e. The van der Waals surface area contributed by atoms with Crippen molar-refractivity contribution in [1.29, 1.82) is 0 Å². The summed E-state index contributed by atoms with van der Waals surface area (Å²) < 4.78 is 7.11. The molecule has 5 heteroatoms. The Morgan fingerprint density at radius 2 is 2.28 bits per heavy atom. The molecule has 0 aromatic carbocycles. The largest absolute Gasteiger partial charge is 0.465 e. The van der Waals surface area contributed by atoms with Gasteiger partial charge in [0.15, 0.2) is 0 Å². The molecule has 1 aromatic heterocycles. The van der Waals surface area contributed by atoms with Crippen LogP contribution in [0.1, 0.15) is 38.9 Å². The van der Waals surface area contributed by atoms with Crippen LogP contribution in [0, 0.1) is 0 Å². The van der Waals surface area contributed by atoms with Crippen molar-refractivity contribution in [1.82, 2.24) is 14.9 Å². The molecule has 0 aliphatic heterocycles. The van der Waals surface area contributed by atoms with Crippen molar-refractivity contribution in [3.05, 3.63) is 18.2 Å². The summed E-state index contributed by atoms with van der Waals surface area (Å²) >= 11 is 0. The number of carbonyl (C=O) groups excluding carboxylic acids is 1. The third-order valence-corrected chi connectivity index (χ3v) is 2.84. The maximum absolute atomic E-state index is 11.6. The molecule has 1 N–H and O–H groups in total. The second-order valence-corrected chi connectivity index (χ2v) is 4.52. The number of likely N-dealkylation sites (N-methyl/N-ethyl adjacent to an activating group) is 1. The van der Waals surface area contributed by atoms with Crippen LogP contribution in [0.2, 0.25) is 0 Å². The van der Waals surface area contributed by atoms with Gasteiger partial charge >= 0.3 is 5.97 Å². The van der Waals surface area contributed by atoms with E-state index in [9.17, 15) is 4.79 Å². The number of carbonyl (C=O) groups is 1. The van der Waals surface area contributed by atoms with E-state index in [0.29, 0.717) is 18.9 Å². The molecule has 0 spiro atoms. The van der Waals surface area contributed by atoms with Crippen LogP contribution in [0.4, 0.5) is 0 Å². The quantitative estimate of drug-likeness (QED) is 0.749. The van der Waals surface area contributed by atoms with E-state index in [-0.39, 0.29) is 12.0 Å². The van der Waals surface area contributed by atoms with Crippen LogP contribution >= 0.6 is 0 Å². The van der Waals surface area contributed by atoms with Gasteiger partial charge in [0.1, 0.15) is 11.9 Å². The predicted molar refractivity (Wildman–Crippen MR) is 70.4 cm³/mol. The fourth-order valence-corrected chi connectivity index (χ4v) is 1.90. The number of rotatable bonds is 7. The zero-order chi connectivity index (χ0) is 13.5. The minimum absolute atomic E-state index is 0.189. The van der Waals surface area contributed by atoms with E-state index in [1.165, 1.54) is 0 Å². The first-order valence-electron chi connectivity index (χ1n) is 6.45. The molecule has 1 rings (SSSR count). The molecule has 1 heterocycles. The topological polar surface area (TPSA) is 56.2 Å². The van der Waals surface area contributed by atoms with Gasteiger partial charge in [0.2, 0.25) is 0 Å². The van der Waals surface area contributed by atoms with Crippen LogP contribution in [-0.2, 0) is 16.1 Å². The molecule has 102 valence electrons. The molecule has 1 atom stereocenters. The van der Waals surface area contributed by atoms with Crippen LogP contribution in [-0.4, -0.2) is 35.2 Å². The van der Waals surface area contributed by atoms with Gasteiger partial charge in [-0.3, -0.25) is 4.79 Å². The summed E-state index contributed by atoms with van der Waals surface area (Å²) in [6.07, 6.45) is 4.45. The van der Waals surface area contributed by atoms with Crippen LogP contribution in [0.3, 0.4) is 0 Å². The molecule has 0 bridgehead atoms. The number of nitrogens with one attached hydrogen (secondary N) is 1. The highest BCUT2D eigenvalue weighted by Crippen LogP contribution is 2.12. The molecule has 0 radical (unpaired) electrons. The summed E-state index contributed by atoms with van der Waals surface area (Å²) in [4.78, 5) is 16.0. The van der Waals surface area contributed by atoms with Crippen molar-refractivity contribution in [2.45, 2.75) is 45.7 Å². The number of aryl methyl sites for hydroxylation is 1. The number of esters is 1.